The minimum Gasteiger partial charge on any atom is -0.481 e. The van der Waals surface area contributed by atoms with Crippen LogP contribution in [-0.2, 0) is 34.3 Å². The van der Waals surface area contributed by atoms with Crippen molar-refractivity contribution < 1.29 is 67.7 Å². The quantitative estimate of drug-likeness (QED) is 0.0236. The van der Waals surface area contributed by atoms with E-state index in [0.29, 0.717) is 19.3 Å². The van der Waals surface area contributed by atoms with Gasteiger partial charge in [0.2, 0.25) is 12.3 Å². The van der Waals surface area contributed by atoms with Crippen molar-refractivity contribution in [2.24, 2.45) is 16.8 Å². The number of nitrogens with one attached hydrogen (secondary N) is 3. The Kier molecular flexibility index (Phi) is 18.0. The van der Waals surface area contributed by atoms with Gasteiger partial charge in [-0.15, -0.1) is 0 Å². The van der Waals surface area contributed by atoms with E-state index in [0.717, 1.165) is 36.0 Å². The predicted octanol–water partition coefficient (Wildman–Crippen LogP) is 4.61. The summed E-state index contributed by atoms with van der Waals surface area (Å²) < 4.78 is 10.9. The Morgan fingerprint density at radius 2 is 1.65 bits per heavy atom. The fourth-order valence-electron chi connectivity index (χ4n) is 5.94. The number of hydrogen-bond acceptors (Lipinski definition) is 11. The molecular formula is C41H49N5O14. The molecule has 5 amide bonds. The van der Waals surface area contributed by atoms with Crippen molar-refractivity contribution in [1.29, 1.82) is 0 Å². The summed E-state index contributed by atoms with van der Waals surface area (Å²) in [6.45, 7) is 6.30. The molecule has 0 fully saturated rings. The molecule has 60 heavy (non-hydrogen) atoms. The first-order valence-corrected chi connectivity index (χ1v) is 18.9. The number of carbonyl (C=O) groups excluding carboxylic acids is 5. The lowest BCUT2D eigenvalue weighted by Crippen LogP contribution is -2.44. The minimum atomic E-state index is -1.74. The minimum absolute atomic E-state index is 0.0242. The number of hydrogen-bond donors (Lipinski definition) is 6. The van der Waals surface area contributed by atoms with Gasteiger partial charge in [-0.25, -0.2) is 19.4 Å². The number of carboxylic acids is 3. The second-order valence-corrected chi connectivity index (χ2v) is 14.3. The topological polar surface area (TPSA) is 281 Å². The maximum Gasteiger partial charge on any atom is 0.432 e. The molecule has 0 radical (unpaired) electrons. The number of benzene rings is 2. The number of hydroxylamine groups is 2. The number of unbranched alkanes of at least 4 members (excludes halogenated alkanes) is 2. The van der Waals surface area contributed by atoms with Gasteiger partial charge < -0.3 is 45.3 Å². The molecule has 0 aliphatic heterocycles. The monoisotopic (exact) mass is 835 g/mol. The number of carboxylic acid groups (broad SMARTS) is 3. The van der Waals surface area contributed by atoms with Crippen molar-refractivity contribution in [3.63, 3.8) is 0 Å². The van der Waals surface area contributed by atoms with Gasteiger partial charge in [-0.2, -0.15) is 5.06 Å². The number of aliphatic imine (C=N–C) groups is 1. The highest BCUT2D eigenvalue weighted by Crippen LogP contribution is 2.30. The average Bonchev–Trinajstić information content (AvgIpc) is 3.70. The van der Waals surface area contributed by atoms with Crippen LogP contribution in [0.2, 0.25) is 0 Å². The molecule has 0 aliphatic carbocycles. The Bertz CT molecular complexity index is 2050. The lowest BCUT2D eigenvalue weighted by atomic mass is 9.90. The van der Waals surface area contributed by atoms with Crippen LogP contribution in [0.15, 0.2) is 70.1 Å². The average molecular weight is 836 g/mol. The third-order valence-corrected chi connectivity index (χ3v) is 8.92. The van der Waals surface area contributed by atoms with Crippen molar-refractivity contribution in [1.82, 2.24) is 21.0 Å². The van der Waals surface area contributed by atoms with Gasteiger partial charge in [0, 0.05) is 11.5 Å². The predicted molar refractivity (Wildman–Crippen MR) is 213 cm³/mol. The molecule has 1 aromatic heterocycles. The van der Waals surface area contributed by atoms with Gasteiger partial charge in [0.15, 0.2) is 12.4 Å². The number of carbonyl (C=O) groups is 8. The first-order chi connectivity index (χ1) is 28.4. The molecule has 0 saturated carbocycles. The first kappa shape index (κ1) is 47.3. The second kappa shape index (κ2) is 22.8. The molecule has 3 rings (SSSR count). The molecule has 19 heteroatoms. The van der Waals surface area contributed by atoms with E-state index < -0.39 is 66.0 Å². The normalized spacial score (nSPS) is 12.3. The Labute approximate surface area is 345 Å². The number of ether oxygens (including phenoxy) is 1. The summed E-state index contributed by atoms with van der Waals surface area (Å²) in [5.41, 5.74) is -1.06. The van der Waals surface area contributed by atoms with Crippen LogP contribution in [0.5, 0.6) is 5.75 Å². The molecule has 19 nitrogen and oxygen atoms in total. The number of nitrogens with zero attached hydrogens (tertiary/aromatic N) is 2. The van der Waals surface area contributed by atoms with Crippen molar-refractivity contribution in [2.45, 2.75) is 71.8 Å². The second-order valence-electron chi connectivity index (χ2n) is 14.3. The Morgan fingerprint density at radius 1 is 0.933 bits per heavy atom. The molecule has 0 saturated heterocycles. The fourth-order valence-corrected chi connectivity index (χ4v) is 5.94. The summed E-state index contributed by atoms with van der Waals surface area (Å²) in [6.07, 6.45) is 1.96. The molecule has 6 N–H and O–H groups in total. The third kappa shape index (κ3) is 15.0. The summed E-state index contributed by atoms with van der Waals surface area (Å²) in [4.78, 5) is 106. The van der Waals surface area contributed by atoms with E-state index in [1.165, 1.54) is 24.3 Å². The molecule has 1 heterocycles. The van der Waals surface area contributed by atoms with Crippen LogP contribution in [0.3, 0.4) is 0 Å². The standard InChI is InChI=1S/C41H49N5O14/c1-5-6-8-11-27(18-25(2)21-46(24-47)60-40(57)45-41(3,4)28-12-9-7-10-13-28)36(52)42-23-43-38(54)32-17-16-31(59-32)26-14-15-29(33(19-26)58-22-35(50)51)37(53)44-30(39(55)56)20-34(48)49/h7,9-10,12-17,19,24-25,27H,5-6,8,11,18,20-23H2,1-4H3,(H,42,52)(H,43,54)(H,45,57)(H,48,49)(H,50,51)(H,55,56)/t25?,27-/m1/s1. The zero-order valence-corrected chi connectivity index (χ0v) is 33.6. The summed E-state index contributed by atoms with van der Waals surface area (Å²) >= 11 is 0. The molecule has 2 atom stereocenters. The Balaban J connectivity index is 1.63. The number of rotatable bonds is 24. The highest BCUT2D eigenvalue weighted by molar-refractivity contribution is 6.40. The molecule has 0 bridgehead atoms. The molecule has 3 aromatic rings. The number of amides is 5. The highest BCUT2D eigenvalue weighted by atomic mass is 16.7. The van der Waals surface area contributed by atoms with Crippen molar-refractivity contribution >= 4 is 53.8 Å². The van der Waals surface area contributed by atoms with Crippen LogP contribution in [0.1, 0.15) is 92.7 Å². The van der Waals surface area contributed by atoms with Crippen molar-refractivity contribution in [3.05, 3.63) is 77.6 Å². The molecule has 0 aliphatic rings. The maximum atomic E-state index is 13.3. The molecule has 322 valence electrons. The maximum absolute atomic E-state index is 13.3. The summed E-state index contributed by atoms with van der Waals surface area (Å²) in [5, 5.41) is 36.2. The van der Waals surface area contributed by atoms with Crippen LogP contribution in [0.4, 0.5) is 4.79 Å². The zero-order chi connectivity index (χ0) is 44.4. The van der Waals surface area contributed by atoms with E-state index in [1.54, 1.807) is 13.8 Å². The highest BCUT2D eigenvalue weighted by Gasteiger charge is 2.27. The van der Waals surface area contributed by atoms with E-state index in [1.807, 2.05) is 44.2 Å². The Morgan fingerprint density at radius 3 is 2.28 bits per heavy atom. The lowest BCUT2D eigenvalue weighted by Gasteiger charge is -2.28. The van der Waals surface area contributed by atoms with Crippen LogP contribution in [0, 0.1) is 11.8 Å². The van der Waals surface area contributed by atoms with E-state index in [9.17, 15) is 43.5 Å². The molecule has 2 aromatic carbocycles. The third-order valence-electron chi connectivity index (χ3n) is 8.92. The van der Waals surface area contributed by atoms with Crippen LogP contribution < -0.4 is 20.7 Å². The van der Waals surface area contributed by atoms with Crippen molar-refractivity contribution in [2.75, 3.05) is 19.8 Å². The van der Waals surface area contributed by atoms with Crippen LogP contribution in [-0.4, -0.2) is 94.0 Å². The lowest BCUT2D eigenvalue weighted by molar-refractivity contribution is -0.153. The van der Waals surface area contributed by atoms with E-state index in [-0.39, 0.29) is 53.4 Å². The zero-order valence-electron chi connectivity index (χ0n) is 33.6. The van der Waals surface area contributed by atoms with Gasteiger partial charge in [0.25, 0.3) is 11.8 Å². The molecular weight excluding hydrogens is 786 g/mol. The number of furan rings is 1. The Hall–Kier alpha value is -7.05. The smallest absolute Gasteiger partial charge is 0.432 e. The molecule has 0 spiro atoms. The SMILES string of the molecule is CCCCC[C@H](CC(C)CN(C=O)OC(=O)NC(C)(C)c1ccccc1)C(=O)NCNC(=O)c1ccc(-c2ccc(C(=O)N=C(CC(=O)O)C(=O)O)c(OCC(=O)O)c2)o1. The first-order valence-electron chi connectivity index (χ1n) is 18.9. The van der Waals surface area contributed by atoms with Crippen LogP contribution >= 0.6 is 0 Å². The van der Waals surface area contributed by atoms with Gasteiger partial charge in [0.1, 0.15) is 17.2 Å². The van der Waals surface area contributed by atoms with E-state index in [2.05, 4.69) is 20.9 Å². The summed E-state index contributed by atoms with van der Waals surface area (Å²) in [6, 6.07) is 15.7. The summed E-state index contributed by atoms with van der Waals surface area (Å²) in [5.74, 6) is -8.12. The number of aliphatic carboxylic acids is 3. The van der Waals surface area contributed by atoms with Gasteiger partial charge in [0.05, 0.1) is 30.7 Å². The van der Waals surface area contributed by atoms with E-state index in [4.69, 9.17) is 24.2 Å². The van der Waals surface area contributed by atoms with Gasteiger partial charge in [-0.3, -0.25) is 24.0 Å². The van der Waals surface area contributed by atoms with Gasteiger partial charge in [-0.05, 0) is 62.4 Å². The molecule has 1 unspecified atom stereocenters. The fraction of sp³-hybridized carbons (Fsp3) is 0.390. The van der Waals surface area contributed by atoms with Gasteiger partial charge >= 0.3 is 24.0 Å². The van der Waals surface area contributed by atoms with E-state index >= 15 is 0 Å². The van der Waals surface area contributed by atoms with Crippen LogP contribution in [0.25, 0.3) is 11.3 Å². The summed E-state index contributed by atoms with van der Waals surface area (Å²) in [7, 11) is 0. The van der Waals surface area contributed by atoms with Gasteiger partial charge in [-0.1, -0.05) is 69.5 Å². The van der Waals surface area contributed by atoms with Crippen molar-refractivity contribution in [3.8, 4) is 17.1 Å². The largest absolute Gasteiger partial charge is 0.481 e.